The van der Waals surface area contributed by atoms with E-state index < -0.39 is 23.5 Å². The summed E-state index contributed by atoms with van der Waals surface area (Å²) in [5, 5.41) is 7.75. The summed E-state index contributed by atoms with van der Waals surface area (Å²) in [6.07, 6.45) is -3.40. The van der Waals surface area contributed by atoms with Gasteiger partial charge in [-0.2, -0.15) is 13.2 Å². The van der Waals surface area contributed by atoms with Gasteiger partial charge in [-0.05, 0) is 25.5 Å². The number of thiazole rings is 1. The van der Waals surface area contributed by atoms with Crippen LogP contribution in [-0.2, 0) is 12.6 Å². The molecule has 1 aromatic heterocycles. The van der Waals surface area contributed by atoms with E-state index >= 15 is 0 Å². The first-order valence-corrected chi connectivity index (χ1v) is 10.4. The first-order valence-electron chi connectivity index (χ1n) is 9.52. The molecule has 2 heterocycles. The van der Waals surface area contributed by atoms with Crippen molar-refractivity contribution in [3.8, 4) is 0 Å². The van der Waals surface area contributed by atoms with E-state index in [1.807, 2.05) is 11.8 Å². The van der Waals surface area contributed by atoms with Crippen LogP contribution in [0.25, 0.3) is 0 Å². The number of aliphatic imine (C=N–C) groups is 1. The van der Waals surface area contributed by atoms with Crippen LogP contribution >= 0.6 is 11.3 Å². The summed E-state index contributed by atoms with van der Waals surface area (Å²) in [4.78, 5) is 9.85. The molecular formula is C19H22F5N5S. The molecule has 5 nitrogen and oxygen atoms in total. The smallest absolute Gasteiger partial charge is 0.367 e. The van der Waals surface area contributed by atoms with Crippen LogP contribution < -0.4 is 15.5 Å². The molecule has 0 aliphatic carbocycles. The molecule has 3 rings (SSSR count). The predicted molar refractivity (Wildman–Crippen MR) is 107 cm³/mol. The maximum absolute atomic E-state index is 14.0. The van der Waals surface area contributed by atoms with E-state index in [-0.39, 0.29) is 12.6 Å². The van der Waals surface area contributed by atoms with Crippen LogP contribution in [-0.4, -0.2) is 43.2 Å². The molecule has 0 amide bonds. The van der Waals surface area contributed by atoms with Gasteiger partial charge in [0.15, 0.2) is 11.7 Å². The lowest BCUT2D eigenvalue weighted by Gasteiger charge is -2.21. The summed E-state index contributed by atoms with van der Waals surface area (Å²) in [6, 6.07) is 3.52. The number of halogens is 5. The Labute approximate surface area is 175 Å². The Morgan fingerprint density at radius 1 is 1.33 bits per heavy atom. The molecule has 1 aromatic carbocycles. The lowest BCUT2D eigenvalue weighted by Crippen LogP contribution is -2.44. The second-order valence-corrected chi connectivity index (χ2v) is 7.75. The summed E-state index contributed by atoms with van der Waals surface area (Å²) in [5.74, 6) is -0.677. The second-order valence-electron chi connectivity index (χ2n) is 6.81. The van der Waals surface area contributed by atoms with Gasteiger partial charge in [0.2, 0.25) is 0 Å². The minimum atomic E-state index is -4.44. The number of hydrogen-bond acceptors (Lipinski definition) is 4. The lowest BCUT2D eigenvalue weighted by molar-refractivity contribution is -0.140. The lowest BCUT2D eigenvalue weighted by atomic mass is 10.2. The largest absolute Gasteiger partial charge is 0.434 e. The molecular weight excluding hydrogens is 425 g/mol. The van der Waals surface area contributed by atoms with Crippen molar-refractivity contribution in [2.45, 2.75) is 32.0 Å². The summed E-state index contributed by atoms with van der Waals surface area (Å²) in [7, 11) is 0. The first-order chi connectivity index (χ1) is 14.3. The van der Waals surface area contributed by atoms with Crippen LogP contribution in [0.3, 0.4) is 0 Å². The highest BCUT2D eigenvalue weighted by Crippen LogP contribution is 2.30. The van der Waals surface area contributed by atoms with E-state index in [2.05, 4.69) is 20.6 Å². The van der Waals surface area contributed by atoms with E-state index in [0.29, 0.717) is 42.7 Å². The summed E-state index contributed by atoms with van der Waals surface area (Å²) >= 11 is 0.965. The molecule has 11 heteroatoms. The van der Waals surface area contributed by atoms with Gasteiger partial charge in [-0.25, -0.2) is 13.8 Å². The zero-order valence-electron chi connectivity index (χ0n) is 16.3. The van der Waals surface area contributed by atoms with Crippen LogP contribution in [0.5, 0.6) is 0 Å². The molecule has 2 N–H and O–H groups in total. The third-order valence-electron chi connectivity index (χ3n) is 4.56. The summed E-state index contributed by atoms with van der Waals surface area (Å²) < 4.78 is 65.0. The monoisotopic (exact) mass is 447 g/mol. The van der Waals surface area contributed by atoms with E-state index in [0.717, 1.165) is 29.2 Å². The third-order valence-corrected chi connectivity index (χ3v) is 5.47. The highest BCUT2D eigenvalue weighted by atomic mass is 32.1. The van der Waals surface area contributed by atoms with Crippen LogP contribution in [0.15, 0.2) is 28.6 Å². The fourth-order valence-electron chi connectivity index (χ4n) is 3.17. The molecule has 0 spiro atoms. The van der Waals surface area contributed by atoms with Gasteiger partial charge in [0.05, 0.1) is 10.7 Å². The van der Waals surface area contributed by atoms with E-state index in [4.69, 9.17) is 0 Å². The number of hydrogen-bond donors (Lipinski definition) is 2. The fraction of sp³-hybridized carbons (Fsp3) is 0.474. The van der Waals surface area contributed by atoms with Crippen molar-refractivity contribution in [1.29, 1.82) is 0 Å². The molecule has 1 saturated heterocycles. The molecule has 1 aliphatic rings. The second kappa shape index (κ2) is 9.59. The zero-order chi connectivity index (χ0) is 21.7. The van der Waals surface area contributed by atoms with Gasteiger partial charge in [-0.1, -0.05) is 0 Å². The van der Waals surface area contributed by atoms with Crippen molar-refractivity contribution in [3.63, 3.8) is 0 Å². The SMILES string of the molecule is CCNC(=NCCc1nc(C(F)(F)F)cs1)NC1CCN(c2ccc(F)cc2F)C1. The van der Waals surface area contributed by atoms with Crippen molar-refractivity contribution in [3.05, 3.63) is 45.9 Å². The minimum absolute atomic E-state index is 0.00366. The fourth-order valence-corrected chi connectivity index (χ4v) is 3.96. The molecule has 1 fully saturated rings. The number of anilines is 1. The topological polar surface area (TPSA) is 52.6 Å². The number of nitrogens with zero attached hydrogens (tertiary/aromatic N) is 3. The molecule has 1 atom stereocenters. The van der Waals surface area contributed by atoms with Crippen LogP contribution in [0.2, 0.25) is 0 Å². The third kappa shape index (κ3) is 5.80. The van der Waals surface area contributed by atoms with Gasteiger partial charge in [0, 0.05) is 50.1 Å². The number of alkyl halides is 3. The van der Waals surface area contributed by atoms with E-state index in [9.17, 15) is 22.0 Å². The molecule has 30 heavy (non-hydrogen) atoms. The normalized spacial score (nSPS) is 17.5. The van der Waals surface area contributed by atoms with Crippen LogP contribution in [0, 0.1) is 11.6 Å². The molecule has 1 unspecified atom stereocenters. The maximum Gasteiger partial charge on any atom is 0.434 e. The number of benzene rings is 1. The quantitative estimate of drug-likeness (QED) is 0.402. The number of guanidine groups is 1. The molecule has 164 valence electrons. The van der Waals surface area contributed by atoms with Gasteiger partial charge >= 0.3 is 6.18 Å². The first kappa shape index (κ1) is 22.3. The Morgan fingerprint density at radius 2 is 2.13 bits per heavy atom. The van der Waals surface area contributed by atoms with Gasteiger partial charge in [0.25, 0.3) is 0 Å². The molecule has 0 saturated carbocycles. The van der Waals surface area contributed by atoms with Gasteiger partial charge in [-0.3, -0.25) is 4.99 Å². The summed E-state index contributed by atoms with van der Waals surface area (Å²) in [6.45, 7) is 3.93. The van der Waals surface area contributed by atoms with Gasteiger partial charge in [0.1, 0.15) is 11.6 Å². The van der Waals surface area contributed by atoms with Crippen molar-refractivity contribution < 1.29 is 22.0 Å². The van der Waals surface area contributed by atoms with Crippen molar-refractivity contribution in [2.75, 3.05) is 31.1 Å². The van der Waals surface area contributed by atoms with E-state index in [1.54, 1.807) is 0 Å². The Morgan fingerprint density at radius 3 is 2.80 bits per heavy atom. The zero-order valence-corrected chi connectivity index (χ0v) is 17.1. The standard InChI is InChI=1S/C19H22F5N5S/c1-2-25-18(26-7-5-17-28-16(11-30-17)19(22,23)24)27-13-6-8-29(10-13)15-4-3-12(20)9-14(15)21/h3-4,9,11,13H,2,5-8,10H2,1H3,(H2,25,26,27). The van der Waals surface area contributed by atoms with Crippen molar-refractivity contribution >= 4 is 23.0 Å². The Hall–Kier alpha value is -2.43. The van der Waals surface area contributed by atoms with E-state index in [1.165, 1.54) is 12.1 Å². The molecule has 2 aromatic rings. The number of nitrogens with one attached hydrogen (secondary N) is 2. The number of aromatic nitrogens is 1. The van der Waals surface area contributed by atoms with Crippen LogP contribution in [0.1, 0.15) is 24.0 Å². The summed E-state index contributed by atoms with van der Waals surface area (Å²) in [5.41, 5.74) is -0.525. The van der Waals surface area contributed by atoms with Crippen molar-refractivity contribution in [2.24, 2.45) is 4.99 Å². The number of rotatable bonds is 6. The Balaban J connectivity index is 1.55. The highest BCUT2D eigenvalue weighted by Gasteiger charge is 2.33. The molecule has 0 bridgehead atoms. The van der Waals surface area contributed by atoms with Gasteiger partial charge in [-0.15, -0.1) is 11.3 Å². The highest BCUT2D eigenvalue weighted by molar-refractivity contribution is 7.09. The Bertz CT molecular complexity index is 882. The molecule has 0 radical (unpaired) electrons. The average Bonchev–Trinajstić information content (AvgIpc) is 3.31. The predicted octanol–water partition coefficient (Wildman–Crippen LogP) is 3.82. The maximum atomic E-state index is 14.0. The average molecular weight is 447 g/mol. The minimum Gasteiger partial charge on any atom is -0.367 e. The van der Waals surface area contributed by atoms with Crippen LogP contribution in [0.4, 0.5) is 27.6 Å². The van der Waals surface area contributed by atoms with Gasteiger partial charge < -0.3 is 15.5 Å². The van der Waals surface area contributed by atoms with Crippen molar-refractivity contribution in [1.82, 2.24) is 15.6 Å². The molecule has 1 aliphatic heterocycles. The Kier molecular flexibility index (Phi) is 7.11.